The third-order valence-electron chi connectivity index (χ3n) is 4.50. The fourth-order valence-electron chi connectivity index (χ4n) is 3.25. The summed E-state index contributed by atoms with van der Waals surface area (Å²) in [5.41, 5.74) is 8.58. The zero-order valence-corrected chi connectivity index (χ0v) is 15.7. The van der Waals surface area contributed by atoms with E-state index in [9.17, 15) is 8.42 Å². The van der Waals surface area contributed by atoms with Crippen molar-refractivity contribution in [2.45, 2.75) is 36.7 Å². The molecule has 0 N–H and O–H groups in total. The first-order chi connectivity index (χ1) is 12.9. The lowest BCUT2D eigenvalue weighted by Crippen LogP contribution is -2.63. The molecule has 0 amide bonds. The quantitative estimate of drug-likeness (QED) is 0.309. The second-order valence-corrected chi connectivity index (χ2v) is 8.08. The van der Waals surface area contributed by atoms with Crippen molar-refractivity contribution in [2.75, 3.05) is 26.6 Å². The predicted octanol–water partition coefficient (Wildman–Crippen LogP) is 1.89. The van der Waals surface area contributed by atoms with E-state index < -0.39 is 40.4 Å². The van der Waals surface area contributed by atoms with Gasteiger partial charge in [0.15, 0.2) is 12.6 Å². The molecule has 2 saturated heterocycles. The van der Waals surface area contributed by atoms with Crippen LogP contribution in [-0.2, 0) is 33.2 Å². The molecule has 1 unspecified atom stereocenters. The van der Waals surface area contributed by atoms with Crippen LogP contribution in [-0.4, -0.2) is 59.0 Å². The standard InChI is InChI=1S/C16H21N3O7S/c1-22-13-8-16(18-19-17,10-24-27(2,20)21)14-12(25-13)9-23-15(26-14)11-6-4-3-5-7-11/h3-7,12-15H,8-10H2,1-2H3/t12-,13+,14-,15?,16-/m1/s1. The maximum atomic E-state index is 11.5. The molecule has 2 aliphatic heterocycles. The number of fused-ring (bicyclic) bond motifs is 1. The zero-order valence-electron chi connectivity index (χ0n) is 14.9. The predicted molar refractivity (Wildman–Crippen MR) is 93.0 cm³/mol. The van der Waals surface area contributed by atoms with Crippen LogP contribution in [0.5, 0.6) is 0 Å². The minimum Gasteiger partial charge on any atom is -0.356 e. The number of hydrogen-bond donors (Lipinski definition) is 0. The lowest BCUT2D eigenvalue weighted by Gasteiger charge is -2.50. The zero-order chi connectivity index (χ0) is 19.5. The fourth-order valence-corrected chi connectivity index (χ4v) is 3.67. The smallest absolute Gasteiger partial charge is 0.264 e. The van der Waals surface area contributed by atoms with E-state index in [-0.39, 0.29) is 19.6 Å². The largest absolute Gasteiger partial charge is 0.356 e. The normalized spacial score (nSPS) is 33.7. The molecule has 3 rings (SSSR count). The van der Waals surface area contributed by atoms with Crippen molar-refractivity contribution in [3.63, 3.8) is 0 Å². The first-order valence-electron chi connectivity index (χ1n) is 8.28. The number of benzene rings is 1. The van der Waals surface area contributed by atoms with Crippen molar-refractivity contribution < 1.29 is 31.5 Å². The minimum atomic E-state index is -3.76. The van der Waals surface area contributed by atoms with E-state index in [1.165, 1.54) is 7.11 Å². The highest BCUT2D eigenvalue weighted by Crippen LogP contribution is 2.41. The first kappa shape index (κ1) is 20.0. The van der Waals surface area contributed by atoms with Crippen molar-refractivity contribution in [3.8, 4) is 0 Å². The van der Waals surface area contributed by atoms with E-state index >= 15 is 0 Å². The van der Waals surface area contributed by atoms with Gasteiger partial charge in [-0.05, 0) is 5.53 Å². The molecule has 2 heterocycles. The number of methoxy groups -OCH3 is 1. The third kappa shape index (κ3) is 4.58. The van der Waals surface area contributed by atoms with Gasteiger partial charge >= 0.3 is 0 Å². The second kappa shape index (κ2) is 8.11. The summed E-state index contributed by atoms with van der Waals surface area (Å²) in [5, 5.41) is 3.88. The fraction of sp³-hybridized carbons (Fsp3) is 0.625. The summed E-state index contributed by atoms with van der Waals surface area (Å²) < 4.78 is 50.9. The Balaban J connectivity index is 1.93. The molecule has 27 heavy (non-hydrogen) atoms. The van der Waals surface area contributed by atoms with Gasteiger partial charge in [-0.1, -0.05) is 35.4 Å². The molecular formula is C16H21N3O7S. The van der Waals surface area contributed by atoms with Crippen LogP contribution < -0.4 is 0 Å². The van der Waals surface area contributed by atoms with Crippen LogP contribution in [0.3, 0.4) is 0 Å². The van der Waals surface area contributed by atoms with Gasteiger partial charge in [-0.2, -0.15) is 8.42 Å². The van der Waals surface area contributed by atoms with Crippen molar-refractivity contribution >= 4 is 10.1 Å². The summed E-state index contributed by atoms with van der Waals surface area (Å²) in [6, 6.07) is 9.25. The van der Waals surface area contributed by atoms with E-state index in [4.69, 9.17) is 28.7 Å². The van der Waals surface area contributed by atoms with Gasteiger partial charge < -0.3 is 18.9 Å². The Hall–Kier alpha value is -1.72. The van der Waals surface area contributed by atoms with Gasteiger partial charge in [0.1, 0.15) is 17.7 Å². The van der Waals surface area contributed by atoms with Gasteiger partial charge in [-0.15, -0.1) is 0 Å². The number of hydrogen-bond acceptors (Lipinski definition) is 8. The summed E-state index contributed by atoms with van der Waals surface area (Å²) in [7, 11) is -2.31. The van der Waals surface area contributed by atoms with Crippen LogP contribution in [0.4, 0.5) is 0 Å². The minimum absolute atomic E-state index is 0.0752. The summed E-state index contributed by atoms with van der Waals surface area (Å²) >= 11 is 0. The molecule has 0 saturated carbocycles. The molecule has 148 valence electrons. The number of rotatable bonds is 6. The van der Waals surface area contributed by atoms with Crippen LogP contribution in [0.25, 0.3) is 10.4 Å². The van der Waals surface area contributed by atoms with Crippen LogP contribution in [0.1, 0.15) is 18.3 Å². The van der Waals surface area contributed by atoms with E-state index in [2.05, 4.69) is 10.0 Å². The second-order valence-electron chi connectivity index (χ2n) is 6.44. The summed E-state index contributed by atoms with van der Waals surface area (Å²) in [5.74, 6) is 0. The average Bonchev–Trinajstić information content (AvgIpc) is 2.66. The van der Waals surface area contributed by atoms with Gasteiger partial charge in [-0.25, -0.2) is 0 Å². The van der Waals surface area contributed by atoms with E-state index in [0.717, 1.165) is 11.8 Å². The number of ether oxygens (including phenoxy) is 4. The molecule has 5 atom stereocenters. The molecule has 10 nitrogen and oxygen atoms in total. The Kier molecular flexibility index (Phi) is 6.02. The Morgan fingerprint density at radius 1 is 1.33 bits per heavy atom. The van der Waals surface area contributed by atoms with Crippen molar-refractivity contribution in [2.24, 2.45) is 5.11 Å². The maximum Gasteiger partial charge on any atom is 0.264 e. The van der Waals surface area contributed by atoms with Crippen molar-refractivity contribution in [1.82, 2.24) is 0 Å². The molecule has 2 aliphatic rings. The van der Waals surface area contributed by atoms with Gasteiger partial charge in [0.2, 0.25) is 0 Å². The third-order valence-corrected chi connectivity index (χ3v) is 5.04. The number of nitrogens with zero attached hydrogens (tertiary/aromatic N) is 3. The van der Waals surface area contributed by atoms with Crippen LogP contribution in [0, 0.1) is 0 Å². The monoisotopic (exact) mass is 399 g/mol. The molecule has 0 aliphatic carbocycles. The lowest BCUT2D eigenvalue weighted by atomic mass is 9.83. The highest BCUT2D eigenvalue weighted by molar-refractivity contribution is 7.85. The first-order valence-corrected chi connectivity index (χ1v) is 10.1. The highest BCUT2D eigenvalue weighted by atomic mass is 32.2. The molecule has 11 heteroatoms. The van der Waals surface area contributed by atoms with Gasteiger partial charge in [-0.3, -0.25) is 4.18 Å². The SMILES string of the molecule is CO[C@@H]1C[C@](COS(C)(=O)=O)(N=[N+]=[N-])[C@@H]2OC(c3ccccc3)OC[C@H]2O1. The van der Waals surface area contributed by atoms with E-state index in [1.54, 1.807) is 0 Å². The Morgan fingerprint density at radius 2 is 2.07 bits per heavy atom. The molecule has 0 bridgehead atoms. The highest BCUT2D eigenvalue weighted by Gasteiger charge is 2.54. The van der Waals surface area contributed by atoms with Gasteiger partial charge in [0.25, 0.3) is 10.1 Å². The number of azide groups is 1. The van der Waals surface area contributed by atoms with E-state index in [1.807, 2.05) is 30.3 Å². The maximum absolute atomic E-state index is 11.5. The Labute approximate surface area is 157 Å². The van der Waals surface area contributed by atoms with Crippen molar-refractivity contribution in [1.29, 1.82) is 0 Å². The summed E-state index contributed by atoms with van der Waals surface area (Å²) in [6.45, 7) is -0.229. The summed E-state index contributed by atoms with van der Waals surface area (Å²) in [6.07, 6.45) is -1.81. The molecule has 1 aromatic rings. The molecule has 0 radical (unpaired) electrons. The summed E-state index contributed by atoms with van der Waals surface area (Å²) in [4.78, 5) is 2.91. The van der Waals surface area contributed by atoms with Crippen LogP contribution in [0.15, 0.2) is 35.4 Å². The molecule has 0 aromatic heterocycles. The molecular weight excluding hydrogens is 378 g/mol. The molecule has 0 spiro atoms. The van der Waals surface area contributed by atoms with Crippen LogP contribution in [0.2, 0.25) is 0 Å². The van der Waals surface area contributed by atoms with Crippen LogP contribution >= 0.6 is 0 Å². The molecule has 1 aromatic carbocycles. The van der Waals surface area contributed by atoms with Gasteiger partial charge in [0.05, 0.1) is 19.5 Å². The Bertz CT molecular complexity index is 799. The lowest BCUT2D eigenvalue weighted by molar-refractivity contribution is -0.332. The average molecular weight is 399 g/mol. The van der Waals surface area contributed by atoms with E-state index in [0.29, 0.717) is 0 Å². The van der Waals surface area contributed by atoms with Gasteiger partial charge in [0, 0.05) is 24.0 Å². The molecule has 2 fully saturated rings. The topological polar surface area (TPSA) is 129 Å². The Morgan fingerprint density at radius 3 is 2.70 bits per heavy atom. The van der Waals surface area contributed by atoms with Crippen molar-refractivity contribution in [3.05, 3.63) is 46.3 Å².